The number of hydrogen-bond acceptors (Lipinski definition) is 4. The Bertz CT molecular complexity index is 410. The van der Waals surface area contributed by atoms with Crippen molar-refractivity contribution in [1.82, 2.24) is 9.99 Å². The van der Waals surface area contributed by atoms with Crippen LogP contribution in [0.15, 0.2) is 34.5 Å². The molecule has 0 bridgehead atoms. The lowest BCUT2D eigenvalue weighted by molar-refractivity contribution is 0.387. The molecule has 0 aromatic carbocycles. The molecule has 15 heavy (non-hydrogen) atoms. The van der Waals surface area contributed by atoms with Crippen LogP contribution in [0.4, 0.5) is 0 Å². The summed E-state index contributed by atoms with van der Waals surface area (Å²) in [5.74, 6) is 1.08. The van der Waals surface area contributed by atoms with Gasteiger partial charge < -0.3 is 0 Å². The van der Waals surface area contributed by atoms with Gasteiger partial charge in [-0.05, 0) is 18.6 Å². The van der Waals surface area contributed by atoms with Gasteiger partial charge >= 0.3 is 0 Å². The molecule has 2 aliphatic rings. The van der Waals surface area contributed by atoms with Crippen LogP contribution >= 0.6 is 0 Å². The van der Waals surface area contributed by atoms with Crippen LogP contribution in [-0.2, 0) is 0 Å². The zero-order valence-electron chi connectivity index (χ0n) is 8.37. The van der Waals surface area contributed by atoms with Gasteiger partial charge in [-0.3, -0.25) is 15.0 Å². The average molecular weight is 200 g/mol. The van der Waals surface area contributed by atoms with Crippen LogP contribution in [0, 0.1) is 0 Å². The molecule has 0 saturated carbocycles. The smallest absolute Gasteiger partial charge is 0.126 e. The first-order valence-corrected chi connectivity index (χ1v) is 5.21. The minimum absolute atomic E-state index is 0.221. The Morgan fingerprint density at radius 2 is 2.33 bits per heavy atom. The maximum absolute atomic E-state index is 4.67. The zero-order valence-corrected chi connectivity index (χ0v) is 8.37. The van der Waals surface area contributed by atoms with Gasteiger partial charge in [0.25, 0.3) is 0 Å². The molecule has 0 aliphatic carbocycles. The first kappa shape index (κ1) is 8.59. The molecule has 0 N–H and O–H groups in total. The molecule has 1 aromatic rings. The van der Waals surface area contributed by atoms with Crippen LogP contribution in [0.3, 0.4) is 0 Å². The monoisotopic (exact) mass is 200 g/mol. The van der Waals surface area contributed by atoms with Gasteiger partial charge in [-0.15, -0.1) is 0 Å². The number of pyridine rings is 1. The summed E-state index contributed by atoms with van der Waals surface area (Å²) in [5, 5.41) is 6.23. The van der Waals surface area contributed by atoms with E-state index in [9.17, 15) is 0 Å². The normalized spacial score (nSPS) is 23.9. The molecule has 0 radical (unpaired) electrons. The van der Waals surface area contributed by atoms with Crippen LogP contribution in [0.1, 0.15) is 24.6 Å². The highest BCUT2D eigenvalue weighted by molar-refractivity contribution is 5.97. The Balaban J connectivity index is 1.88. The highest BCUT2D eigenvalue weighted by Crippen LogP contribution is 2.26. The maximum atomic E-state index is 4.67. The van der Waals surface area contributed by atoms with Gasteiger partial charge in [-0.25, -0.2) is 0 Å². The highest BCUT2D eigenvalue weighted by atomic mass is 15.5. The third kappa shape index (κ3) is 1.52. The largest absolute Gasteiger partial charge is 0.261 e. The molecule has 4 heteroatoms. The number of hydrogen-bond donors (Lipinski definition) is 0. The number of amidine groups is 1. The van der Waals surface area contributed by atoms with Crippen molar-refractivity contribution in [1.29, 1.82) is 0 Å². The molecule has 2 aliphatic heterocycles. The van der Waals surface area contributed by atoms with E-state index in [1.165, 1.54) is 0 Å². The first-order valence-electron chi connectivity index (χ1n) is 5.21. The summed E-state index contributed by atoms with van der Waals surface area (Å²) in [5.41, 5.74) is 1.07. The number of fused-ring (bicyclic) bond motifs is 1. The molecule has 3 rings (SSSR count). The van der Waals surface area contributed by atoms with Crippen molar-refractivity contribution in [3.63, 3.8) is 0 Å². The van der Waals surface area contributed by atoms with Crippen molar-refractivity contribution in [2.24, 2.45) is 10.1 Å². The molecule has 0 fully saturated rings. The Morgan fingerprint density at radius 3 is 3.20 bits per heavy atom. The topological polar surface area (TPSA) is 40.9 Å². The third-order valence-electron chi connectivity index (χ3n) is 2.74. The van der Waals surface area contributed by atoms with E-state index in [0.29, 0.717) is 0 Å². The fourth-order valence-electron chi connectivity index (χ4n) is 1.98. The number of aromatic nitrogens is 1. The van der Waals surface area contributed by atoms with Gasteiger partial charge in [0, 0.05) is 25.4 Å². The van der Waals surface area contributed by atoms with Gasteiger partial charge in [0.05, 0.1) is 11.7 Å². The van der Waals surface area contributed by atoms with Crippen molar-refractivity contribution in [3.8, 4) is 0 Å². The second-order valence-corrected chi connectivity index (χ2v) is 3.73. The summed E-state index contributed by atoms with van der Waals surface area (Å²) in [6, 6.07) is 6.21. The second-order valence-electron chi connectivity index (χ2n) is 3.73. The highest BCUT2D eigenvalue weighted by Gasteiger charge is 2.24. The van der Waals surface area contributed by atoms with Crippen molar-refractivity contribution in [3.05, 3.63) is 30.1 Å². The molecular weight excluding hydrogens is 188 g/mol. The lowest BCUT2D eigenvalue weighted by Crippen LogP contribution is -2.28. The molecule has 0 spiro atoms. The molecule has 1 unspecified atom stereocenters. The van der Waals surface area contributed by atoms with Crippen molar-refractivity contribution in [2.75, 3.05) is 6.54 Å². The Kier molecular flexibility index (Phi) is 1.98. The maximum Gasteiger partial charge on any atom is 0.126 e. The summed E-state index contributed by atoms with van der Waals surface area (Å²) >= 11 is 0. The van der Waals surface area contributed by atoms with Gasteiger partial charge in [0.15, 0.2) is 0 Å². The molecule has 0 amide bonds. The van der Waals surface area contributed by atoms with Crippen LogP contribution in [0.5, 0.6) is 0 Å². The summed E-state index contributed by atoms with van der Waals surface area (Å²) in [7, 11) is 0. The average Bonchev–Trinajstić information content (AvgIpc) is 2.77. The number of rotatable bonds is 1. The van der Waals surface area contributed by atoms with E-state index in [2.05, 4.69) is 15.1 Å². The standard InChI is InChI=1S/C11H12N4/c1-2-6-12-9(3-1)10-5-8-15-11(14-10)4-7-13-15/h1-3,6-7,10H,4-5,8H2. The van der Waals surface area contributed by atoms with E-state index in [-0.39, 0.29) is 6.04 Å². The Morgan fingerprint density at radius 1 is 1.33 bits per heavy atom. The van der Waals surface area contributed by atoms with Gasteiger partial charge in [0.1, 0.15) is 5.84 Å². The van der Waals surface area contributed by atoms with E-state index < -0.39 is 0 Å². The fourth-order valence-corrected chi connectivity index (χ4v) is 1.98. The van der Waals surface area contributed by atoms with Crippen molar-refractivity contribution >= 4 is 12.1 Å². The van der Waals surface area contributed by atoms with Crippen LogP contribution < -0.4 is 0 Å². The minimum atomic E-state index is 0.221. The summed E-state index contributed by atoms with van der Waals surface area (Å²) < 4.78 is 0. The van der Waals surface area contributed by atoms with Crippen LogP contribution in [-0.4, -0.2) is 28.6 Å². The third-order valence-corrected chi connectivity index (χ3v) is 2.74. The molecule has 1 atom stereocenters. The molecule has 3 heterocycles. The minimum Gasteiger partial charge on any atom is -0.261 e. The Hall–Kier alpha value is -1.71. The lowest BCUT2D eigenvalue weighted by Gasteiger charge is -2.24. The van der Waals surface area contributed by atoms with E-state index in [4.69, 9.17) is 0 Å². The molecule has 4 nitrogen and oxygen atoms in total. The van der Waals surface area contributed by atoms with E-state index in [0.717, 1.165) is 30.9 Å². The van der Waals surface area contributed by atoms with Crippen molar-refractivity contribution in [2.45, 2.75) is 18.9 Å². The van der Waals surface area contributed by atoms with Crippen molar-refractivity contribution < 1.29 is 0 Å². The SMILES string of the molecule is C1=NN2CCC(c3ccccn3)N=C2C1. The number of aliphatic imine (C=N–C) groups is 1. The lowest BCUT2D eigenvalue weighted by atomic mass is 10.1. The van der Waals surface area contributed by atoms with Crippen LogP contribution in [0.2, 0.25) is 0 Å². The van der Waals surface area contributed by atoms with Crippen LogP contribution in [0.25, 0.3) is 0 Å². The quantitative estimate of drug-likeness (QED) is 0.691. The zero-order chi connectivity index (χ0) is 10.1. The first-order chi connectivity index (χ1) is 7.43. The van der Waals surface area contributed by atoms with E-state index >= 15 is 0 Å². The molecular formula is C11H12N4. The Labute approximate surface area is 88.3 Å². The summed E-state index contributed by atoms with van der Waals surface area (Å²) in [6.45, 7) is 0.955. The molecule has 1 aromatic heterocycles. The predicted octanol–water partition coefficient (Wildman–Crippen LogP) is 1.62. The second kappa shape index (κ2) is 3.46. The van der Waals surface area contributed by atoms with Gasteiger partial charge in [0.2, 0.25) is 0 Å². The van der Waals surface area contributed by atoms with Gasteiger partial charge in [-0.1, -0.05) is 6.07 Å². The predicted molar refractivity (Wildman–Crippen MR) is 58.8 cm³/mol. The number of hydrazone groups is 1. The van der Waals surface area contributed by atoms with E-state index in [1.807, 2.05) is 35.6 Å². The molecule has 0 saturated heterocycles. The van der Waals surface area contributed by atoms with E-state index in [1.54, 1.807) is 0 Å². The summed E-state index contributed by atoms with van der Waals surface area (Å²) in [4.78, 5) is 9.02. The molecule has 76 valence electrons. The summed E-state index contributed by atoms with van der Waals surface area (Å²) in [6.07, 6.45) is 5.61. The number of nitrogens with zero attached hydrogens (tertiary/aromatic N) is 4. The fraction of sp³-hybridized carbons (Fsp3) is 0.364. The van der Waals surface area contributed by atoms with Gasteiger partial charge in [-0.2, -0.15) is 5.10 Å².